The van der Waals surface area contributed by atoms with Gasteiger partial charge in [-0.15, -0.1) is 0 Å². The molecule has 1 aliphatic carbocycles. The molecule has 10 heteroatoms. The van der Waals surface area contributed by atoms with E-state index in [0.29, 0.717) is 24.1 Å². The third kappa shape index (κ3) is 6.32. The van der Waals surface area contributed by atoms with Gasteiger partial charge in [-0.05, 0) is 86.5 Å². The predicted molar refractivity (Wildman–Crippen MR) is 152 cm³/mol. The first-order valence-electron chi connectivity index (χ1n) is 13.6. The molecule has 3 aromatic rings. The van der Waals surface area contributed by atoms with Gasteiger partial charge in [-0.25, -0.2) is 0 Å². The zero-order valence-electron chi connectivity index (χ0n) is 23.1. The molecule has 7 nitrogen and oxygen atoms in total. The molecule has 5 rings (SSSR count). The van der Waals surface area contributed by atoms with E-state index >= 15 is 0 Å². The van der Waals surface area contributed by atoms with Crippen molar-refractivity contribution in [3.63, 3.8) is 0 Å². The average molecular weight is 567 g/mol. The topological polar surface area (TPSA) is 73.9 Å². The Hall–Kier alpha value is -4.05. The van der Waals surface area contributed by atoms with Crippen molar-refractivity contribution in [2.24, 2.45) is 0 Å². The van der Waals surface area contributed by atoms with E-state index in [0.717, 1.165) is 56.0 Å². The van der Waals surface area contributed by atoms with Gasteiger partial charge >= 0.3 is 6.18 Å². The van der Waals surface area contributed by atoms with Crippen molar-refractivity contribution in [1.82, 2.24) is 10.2 Å². The van der Waals surface area contributed by atoms with Crippen molar-refractivity contribution in [3.05, 3.63) is 89.0 Å². The fourth-order valence-corrected chi connectivity index (χ4v) is 5.28. The van der Waals surface area contributed by atoms with E-state index < -0.39 is 23.2 Å². The zero-order valence-corrected chi connectivity index (χ0v) is 23.1. The molecule has 0 aromatic heterocycles. The maximum Gasteiger partial charge on any atom is 0.416 e. The van der Waals surface area contributed by atoms with Gasteiger partial charge in [0.15, 0.2) is 0 Å². The van der Waals surface area contributed by atoms with E-state index in [1.807, 2.05) is 36.4 Å². The number of likely N-dealkylation sites (N-methyl/N-ethyl adjacent to an activating group) is 1. The van der Waals surface area contributed by atoms with Crippen LogP contribution in [0.4, 0.5) is 24.5 Å². The van der Waals surface area contributed by atoms with Crippen LogP contribution in [0.1, 0.15) is 51.1 Å². The number of hydrogen-bond donors (Lipinski definition) is 2. The SMILES string of the molecule is COc1cc(C(=O)NC2(c3ccc(NC(=O)c4ccc(N5CCN(C)CC5)cc4)cc3)CCC2)cc(C(F)(F)F)c1. The van der Waals surface area contributed by atoms with Gasteiger partial charge in [0.2, 0.25) is 0 Å². The maximum absolute atomic E-state index is 13.4. The van der Waals surface area contributed by atoms with Crippen molar-refractivity contribution in [3.8, 4) is 5.75 Å². The number of nitrogens with zero attached hydrogens (tertiary/aromatic N) is 2. The molecule has 2 N–H and O–H groups in total. The minimum absolute atomic E-state index is 0.0401. The largest absolute Gasteiger partial charge is 0.497 e. The minimum Gasteiger partial charge on any atom is -0.497 e. The van der Waals surface area contributed by atoms with E-state index in [2.05, 4.69) is 27.5 Å². The zero-order chi connectivity index (χ0) is 29.2. The van der Waals surface area contributed by atoms with Gasteiger partial charge in [0.1, 0.15) is 5.75 Å². The molecule has 0 unspecified atom stereocenters. The summed E-state index contributed by atoms with van der Waals surface area (Å²) in [6.07, 6.45) is -2.43. The molecule has 1 saturated heterocycles. The lowest BCUT2D eigenvalue weighted by molar-refractivity contribution is -0.137. The molecule has 216 valence electrons. The summed E-state index contributed by atoms with van der Waals surface area (Å²) < 4.78 is 45.0. The van der Waals surface area contributed by atoms with E-state index in [1.54, 1.807) is 12.1 Å². The summed E-state index contributed by atoms with van der Waals surface area (Å²) in [7, 11) is 3.37. The molecule has 0 radical (unpaired) electrons. The number of methoxy groups -OCH3 is 1. The fraction of sp³-hybridized carbons (Fsp3) is 0.355. The van der Waals surface area contributed by atoms with Crippen molar-refractivity contribution in [2.45, 2.75) is 31.0 Å². The monoisotopic (exact) mass is 566 g/mol. The smallest absolute Gasteiger partial charge is 0.416 e. The van der Waals surface area contributed by atoms with Crippen LogP contribution in [0.5, 0.6) is 5.75 Å². The first-order valence-corrected chi connectivity index (χ1v) is 13.6. The molecule has 1 aliphatic heterocycles. The Morgan fingerprint density at radius 1 is 0.854 bits per heavy atom. The second-order valence-corrected chi connectivity index (χ2v) is 10.7. The Bertz CT molecular complexity index is 1400. The first kappa shape index (κ1) is 28.5. The summed E-state index contributed by atoms with van der Waals surface area (Å²) in [5.74, 6) is -0.874. The Kier molecular flexibility index (Phi) is 7.95. The number of hydrogen-bond acceptors (Lipinski definition) is 5. The first-order chi connectivity index (χ1) is 19.6. The van der Waals surface area contributed by atoms with Crippen molar-refractivity contribution in [2.75, 3.05) is 50.6 Å². The lowest BCUT2D eigenvalue weighted by atomic mass is 9.71. The molecule has 2 fully saturated rings. The number of nitrogens with one attached hydrogen (secondary N) is 2. The quantitative estimate of drug-likeness (QED) is 0.394. The summed E-state index contributed by atoms with van der Waals surface area (Å²) in [5.41, 5.74) is 1.31. The number of anilines is 2. The van der Waals surface area contributed by atoms with Gasteiger partial charge in [0, 0.05) is 48.7 Å². The highest BCUT2D eigenvalue weighted by Crippen LogP contribution is 2.42. The van der Waals surface area contributed by atoms with E-state index in [9.17, 15) is 22.8 Å². The number of piperazine rings is 1. The Labute approximate surface area is 237 Å². The minimum atomic E-state index is -4.61. The predicted octanol–water partition coefficient (Wildman–Crippen LogP) is 5.53. The van der Waals surface area contributed by atoms with Crippen LogP contribution in [0.15, 0.2) is 66.7 Å². The van der Waals surface area contributed by atoms with Crippen LogP contribution in [0.3, 0.4) is 0 Å². The van der Waals surface area contributed by atoms with Crippen LogP contribution in [0.25, 0.3) is 0 Å². The number of ether oxygens (including phenoxy) is 1. The van der Waals surface area contributed by atoms with Gasteiger partial charge in [0.25, 0.3) is 11.8 Å². The summed E-state index contributed by atoms with van der Waals surface area (Å²) in [5, 5.41) is 5.87. The standard InChI is InChI=1S/C31H33F3N4O3/c1-37-14-16-38(17-15-37)26-10-4-21(5-11-26)28(39)35-25-8-6-23(7-9-25)30(12-3-13-30)36-29(40)22-18-24(31(32,33)34)20-27(19-22)41-2/h4-11,18-20H,3,12-17H2,1-2H3,(H,35,39)(H,36,40). The normalized spacial score (nSPS) is 17.0. The van der Waals surface area contributed by atoms with Crippen molar-refractivity contribution >= 4 is 23.2 Å². The van der Waals surface area contributed by atoms with Crippen LogP contribution in [-0.2, 0) is 11.7 Å². The fourth-order valence-electron chi connectivity index (χ4n) is 5.28. The average Bonchev–Trinajstić information content (AvgIpc) is 2.95. The molecule has 41 heavy (non-hydrogen) atoms. The van der Waals surface area contributed by atoms with Crippen molar-refractivity contribution in [1.29, 1.82) is 0 Å². The number of amides is 2. The molecule has 2 aliphatic rings. The Morgan fingerprint density at radius 3 is 2.07 bits per heavy atom. The second-order valence-electron chi connectivity index (χ2n) is 10.7. The van der Waals surface area contributed by atoms with Crippen LogP contribution < -0.4 is 20.3 Å². The molecular weight excluding hydrogens is 533 g/mol. The van der Waals surface area contributed by atoms with Gasteiger partial charge in [-0.1, -0.05) is 12.1 Å². The van der Waals surface area contributed by atoms with Crippen LogP contribution in [0, 0.1) is 0 Å². The summed E-state index contributed by atoms with van der Waals surface area (Å²) >= 11 is 0. The highest BCUT2D eigenvalue weighted by Gasteiger charge is 2.40. The molecular formula is C31H33F3N4O3. The highest BCUT2D eigenvalue weighted by molar-refractivity contribution is 6.04. The van der Waals surface area contributed by atoms with Crippen molar-refractivity contribution < 1.29 is 27.5 Å². The van der Waals surface area contributed by atoms with Crippen LogP contribution in [0.2, 0.25) is 0 Å². The number of carbonyl (C=O) groups is 2. The lowest BCUT2D eigenvalue weighted by Gasteiger charge is -2.43. The van der Waals surface area contributed by atoms with Crippen LogP contribution >= 0.6 is 0 Å². The van der Waals surface area contributed by atoms with E-state index in [1.165, 1.54) is 13.2 Å². The van der Waals surface area contributed by atoms with Gasteiger partial charge in [-0.3, -0.25) is 9.59 Å². The number of alkyl halides is 3. The molecule has 1 saturated carbocycles. The lowest BCUT2D eigenvalue weighted by Crippen LogP contribution is -2.50. The molecule has 0 bridgehead atoms. The summed E-state index contributed by atoms with van der Waals surface area (Å²) in [4.78, 5) is 30.5. The van der Waals surface area contributed by atoms with Gasteiger partial charge in [-0.2, -0.15) is 13.2 Å². The third-order valence-electron chi connectivity index (χ3n) is 7.98. The van der Waals surface area contributed by atoms with E-state index in [4.69, 9.17) is 4.74 Å². The molecule has 3 aromatic carbocycles. The second kappa shape index (κ2) is 11.4. The Balaban J connectivity index is 1.25. The molecule has 2 amide bonds. The van der Waals surface area contributed by atoms with E-state index in [-0.39, 0.29) is 17.2 Å². The summed E-state index contributed by atoms with van der Waals surface area (Å²) in [6.45, 7) is 3.90. The molecule has 0 spiro atoms. The number of benzene rings is 3. The summed E-state index contributed by atoms with van der Waals surface area (Å²) in [6, 6.07) is 17.8. The Morgan fingerprint density at radius 2 is 1.51 bits per heavy atom. The number of rotatable bonds is 7. The third-order valence-corrected chi connectivity index (χ3v) is 7.98. The molecule has 1 heterocycles. The van der Waals surface area contributed by atoms with Gasteiger partial charge in [0.05, 0.1) is 18.2 Å². The number of halogens is 3. The molecule has 0 atom stereocenters. The highest BCUT2D eigenvalue weighted by atomic mass is 19.4. The van der Waals surface area contributed by atoms with Crippen LogP contribution in [-0.4, -0.2) is 57.1 Å². The maximum atomic E-state index is 13.4. The number of carbonyl (C=O) groups excluding carboxylic acids is 2. The van der Waals surface area contributed by atoms with Gasteiger partial charge < -0.3 is 25.2 Å².